The number of benzene rings is 2. The number of para-hydroxylation sites is 1. The molecule has 3 aromatic rings. The first-order valence-corrected chi connectivity index (χ1v) is 13.5. The lowest BCUT2D eigenvalue weighted by Gasteiger charge is -2.35. The van der Waals surface area contributed by atoms with Crippen LogP contribution in [0, 0.1) is 5.92 Å². The molecule has 3 rings (SSSR count). The predicted molar refractivity (Wildman–Crippen MR) is 148 cm³/mol. The van der Waals surface area contributed by atoms with E-state index in [1.807, 2.05) is 54.3 Å². The Hall–Kier alpha value is -3.19. The van der Waals surface area contributed by atoms with E-state index in [1.54, 1.807) is 24.9 Å². The molecule has 0 bridgehead atoms. The number of carbonyl (C=O) groups excluding carboxylic acids is 1. The van der Waals surface area contributed by atoms with Crippen molar-refractivity contribution < 1.29 is 14.3 Å². The van der Waals surface area contributed by atoms with Crippen LogP contribution in [-0.2, 0) is 9.53 Å². The average Bonchev–Trinajstić information content (AvgIpc) is 2.93. The summed E-state index contributed by atoms with van der Waals surface area (Å²) in [6.07, 6.45) is 5.05. The van der Waals surface area contributed by atoms with Gasteiger partial charge < -0.3 is 14.4 Å². The van der Waals surface area contributed by atoms with Crippen LogP contribution in [0.4, 0.5) is 0 Å². The van der Waals surface area contributed by atoms with Gasteiger partial charge in [-0.3, -0.25) is 14.2 Å². The van der Waals surface area contributed by atoms with Crippen LogP contribution in [0.5, 0.6) is 5.75 Å². The molecule has 0 N–H and O–H groups in total. The molecular weight excluding hydrogens is 466 g/mol. The van der Waals surface area contributed by atoms with Gasteiger partial charge in [0.15, 0.2) is 0 Å². The third-order valence-electron chi connectivity index (χ3n) is 6.97. The second-order valence-electron chi connectivity index (χ2n) is 9.38. The molecule has 2 unspecified atom stereocenters. The Morgan fingerprint density at radius 1 is 1.00 bits per heavy atom. The van der Waals surface area contributed by atoms with Gasteiger partial charge in [-0.2, -0.15) is 0 Å². The van der Waals surface area contributed by atoms with Crippen molar-refractivity contribution in [3.8, 4) is 11.4 Å². The lowest BCUT2D eigenvalue weighted by Crippen LogP contribution is -2.42. The second-order valence-corrected chi connectivity index (χ2v) is 9.38. The Balaban J connectivity index is 2.20. The molecular formula is C30H41N3O4. The summed E-state index contributed by atoms with van der Waals surface area (Å²) in [6, 6.07) is 14.4. The summed E-state index contributed by atoms with van der Waals surface area (Å²) in [6.45, 7) is 7.37. The van der Waals surface area contributed by atoms with Crippen molar-refractivity contribution in [3.63, 3.8) is 0 Å². The van der Waals surface area contributed by atoms with E-state index in [9.17, 15) is 9.59 Å². The molecule has 1 aromatic heterocycles. The summed E-state index contributed by atoms with van der Waals surface area (Å²) in [7, 11) is 3.29. The normalized spacial score (nSPS) is 12.9. The average molecular weight is 508 g/mol. The standard InChI is InChI=1S/C30H41N3O4/c1-6-9-13-22(7-2)29(34)32(20-12-21-36-4)27(8-3)28-31-26-15-11-10-14-25(26)30(35)33(28)23-16-18-24(37-5)19-17-23/h10-11,14-19,22,27H,6-9,12-13,20-21H2,1-5H3. The topological polar surface area (TPSA) is 73.7 Å². The molecule has 0 spiro atoms. The lowest BCUT2D eigenvalue weighted by molar-refractivity contribution is -0.139. The van der Waals surface area contributed by atoms with Crippen LogP contribution in [0.2, 0.25) is 0 Å². The van der Waals surface area contributed by atoms with Crippen molar-refractivity contribution in [2.24, 2.45) is 5.92 Å². The molecule has 0 saturated heterocycles. The molecule has 1 heterocycles. The van der Waals surface area contributed by atoms with Crippen molar-refractivity contribution in [1.82, 2.24) is 14.5 Å². The molecule has 0 aliphatic rings. The highest BCUT2D eigenvalue weighted by molar-refractivity contribution is 5.80. The van der Waals surface area contributed by atoms with Gasteiger partial charge in [0.2, 0.25) is 5.91 Å². The van der Waals surface area contributed by atoms with Gasteiger partial charge in [-0.25, -0.2) is 4.98 Å². The third kappa shape index (κ3) is 6.58. The van der Waals surface area contributed by atoms with Crippen LogP contribution in [0.1, 0.15) is 71.2 Å². The Kier molecular flexibility index (Phi) is 10.7. The van der Waals surface area contributed by atoms with Crippen molar-refractivity contribution in [1.29, 1.82) is 0 Å². The molecule has 2 atom stereocenters. The van der Waals surface area contributed by atoms with E-state index in [-0.39, 0.29) is 23.4 Å². The molecule has 200 valence electrons. The highest BCUT2D eigenvalue weighted by atomic mass is 16.5. The quantitative estimate of drug-likeness (QED) is 0.253. The maximum atomic E-state index is 14.0. The van der Waals surface area contributed by atoms with Gasteiger partial charge in [0, 0.05) is 26.2 Å². The third-order valence-corrected chi connectivity index (χ3v) is 6.97. The predicted octanol–water partition coefficient (Wildman–Crippen LogP) is 5.93. The number of carbonyl (C=O) groups is 1. The number of hydrogen-bond donors (Lipinski definition) is 0. The SMILES string of the molecule is CCCCC(CC)C(=O)N(CCCOC)C(CC)c1nc2ccccc2c(=O)n1-c1ccc(OC)cc1. The number of rotatable bonds is 14. The first-order chi connectivity index (χ1) is 18.0. The Morgan fingerprint density at radius 3 is 2.35 bits per heavy atom. The summed E-state index contributed by atoms with van der Waals surface area (Å²) < 4.78 is 12.3. The van der Waals surface area contributed by atoms with E-state index in [2.05, 4.69) is 13.8 Å². The highest BCUT2D eigenvalue weighted by Crippen LogP contribution is 2.29. The van der Waals surface area contributed by atoms with Gasteiger partial charge in [0.25, 0.3) is 5.56 Å². The van der Waals surface area contributed by atoms with Crippen molar-refractivity contribution in [3.05, 3.63) is 64.7 Å². The summed E-state index contributed by atoms with van der Waals surface area (Å²) in [5, 5.41) is 0.545. The zero-order valence-corrected chi connectivity index (χ0v) is 22.9. The number of nitrogens with zero attached hydrogens (tertiary/aromatic N) is 3. The van der Waals surface area contributed by atoms with Crippen LogP contribution in [0.25, 0.3) is 16.6 Å². The Morgan fingerprint density at radius 2 is 1.73 bits per heavy atom. The first kappa shape index (κ1) is 28.4. The number of unbranched alkanes of at least 4 members (excludes halogenated alkanes) is 1. The van der Waals surface area contributed by atoms with Gasteiger partial charge in [0.1, 0.15) is 11.6 Å². The number of methoxy groups -OCH3 is 2. The number of amides is 1. The van der Waals surface area contributed by atoms with E-state index >= 15 is 0 Å². The van der Waals surface area contributed by atoms with E-state index < -0.39 is 0 Å². The fourth-order valence-electron chi connectivity index (χ4n) is 4.88. The zero-order valence-electron chi connectivity index (χ0n) is 22.9. The molecule has 0 radical (unpaired) electrons. The molecule has 0 aliphatic heterocycles. The number of aromatic nitrogens is 2. The minimum absolute atomic E-state index is 0.0573. The Bertz CT molecular complexity index is 1210. The van der Waals surface area contributed by atoms with Crippen LogP contribution in [-0.4, -0.2) is 47.7 Å². The Labute approximate surface area is 220 Å². The molecule has 0 fully saturated rings. The van der Waals surface area contributed by atoms with Gasteiger partial charge in [-0.15, -0.1) is 0 Å². The zero-order chi connectivity index (χ0) is 26.8. The lowest BCUT2D eigenvalue weighted by atomic mass is 9.96. The van der Waals surface area contributed by atoms with Crippen molar-refractivity contribution in [2.75, 3.05) is 27.4 Å². The molecule has 7 nitrogen and oxygen atoms in total. The van der Waals surface area contributed by atoms with Gasteiger partial charge in [-0.1, -0.05) is 45.7 Å². The van der Waals surface area contributed by atoms with Crippen molar-refractivity contribution >= 4 is 16.8 Å². The van der Waals surface area contributed by atoms with Crippen molar-refractivity contribution in [2.45, 2.75) is 65.3 Å². The number of hydrogen-bond acceptors (Lipinski definition) is 5. The van der Waals surface area contributed by atoms with Gasteiger partial charge >= 0.3 is 0 Å². The van der Waals surface area contributed by atoms with Crippen LogP contribution in [0.3, 0.4) is 0 Å². The number of fused-ring (bicyclic) bond motifs is 1. The molecule has 7 heteroatoms. The number of ether oxygens (including phenoxy) is 2. The van der Waals surface area contributed by atoms with Crippen LogP contribution < -0.4 is 10.3 Å². The first-order valence-electron chi connectivity index (χ1n) is 13.5. The summed E-state index contributed by atoms with van der Waals surface area (Å²) in [4.78, 5) is 34.8. The molecule has 37 heavy (non-hydrogen) atoms. The fourth-order valence-corrected chi connectivity index (χ4v) is 4.88. The van der Waals surface area contributed by atoms with Gasteiger partial charge in [0.05, 0.1) is 29.7 Å². The van der Waals surface area contributed by atoms with E-state index in [4.69, 9.17) is 14.5 Å². The molecule has 2 aromatic carbocycles. The van der Waals surface area contributed by atoms with E-state index in [0.717, 1.165) is 25.7 Å². The molecule has 0 saturated carbocycles. The smallest absolute Gasteiger partial charge is 0.266 e. The summed E-state index contributed by atoms with van der Waals surface area (Å²) in [5.41, 5.74) is 1.18. The van der Waals surface area contributed by atoms with Crippen LogP contribution in [0.15, 0.2) is 53.3 Å². The molecule has 0 aliphatic carbocycles. The molecule has 1 amide bonds. The second kappa shape index (κ2) is 13.9. The minimum Gasteiger partial charge on any atom is -0.497 e. The van der Waals surface area contributed by atoms with Crippen LogP contribution >= 0.6 is 0 Å². The fraction of sp³-hybridized carbons (Fsp3) is 0.500. The maximum absolute atomic E-state index is 14.0. The minimum atomic E-state index is -0.362. The van der Waals surface area contributed by atoms with E-state index in [1.165, 1.54) is 0 Å². The highest BCUT2D eigenvalue weighted by Gasteiger charge is 2.32. The monoisotopic (exact) mass is 507 g/mol. The van der Waals surface area contributed by atoms with E-state index in [0.29, 0.717) is 54.2 Å². The summed E-state index contributed by atoms with van der Waals surface area (Å²) in [5.74, 6) is 1.35. The largest absolute Gasteiger partial charge is 0.497 e. The summed E-state index contributed by atoms with van der Waals surface area (Å²) >= 11 is 0. The van der Waals surface area contributed by atoms with Gasteiger partial charge in [-0.05, 0) is 62.1 Å². The maximum Gasteiger partial charge on any atom is 0.266 e.